The maximum absolute atomic E-state index is 12.0. The number of nitrogens with one attached hydrogen (secondary N) is 1. The molecule has 0 aromatic carbocycles. The first-order chi connectivity index (χ1) is 8.06. The summed E-state index contributed by atoms with van der Waals surface area (Å²) in [6.45, 7) is 0.703. The van der Waals surface area contributed by atoms with Crippen LogP contribution in [0.2, 0.25) is 0 Å². The van der Waals surface area contributed by atoms with Crippen molar-refractivity contribution in [3.8, 4) is 0 Å². The molecule has 1 fully saturated rings. The molecular weight excluding hydrogens is 240 g/mol. The van der Waals surface area contributed by atoms with Crippen LogP contribution in [0.1, 0.15) is 23.2 Å². The van der Waals surface area contributed by atoms with Crippen molar-refractivity contribution in [1.82, 2.24) is 9.88 Å². The maximum atomic E-state index is 12.0. The van der Waals surface area contributed by atoms with Gasteiger partial charge in [0.05, 0.1) is 0 Å². The first kappa shape index (κ1) is 12.2. The fourth-order valence-electron chi connectivity index (χ4n) is 2.07. The Kier molecular flexibility index (Phi) is 3.52. The van der Waals surface area contributed by atoms with Crippen LogP contribution < -0.4 is 5.56 Å². The van der Waals surface area contributed by atoms with E-state index < -0.39 is 0 Å². The van der Waals surface area contributed by atoms with Crippen molar-refractivity contribution < 1.29 is 4.79 Å². The summed E-state index contributed by atoms with van der Waals surface area (Å²) in [5, 5.41) is 0.267. The van der Waals surface area contributed by atoms with Crippen molar-refractivity contribution in [3.05, 3.63) is 34.2 Å². The van der Waals surface area contributed by atoms with E-state index in [1.165, 1.54) is 12.3 Å². The molecule has 5 heteroatoms. The van der Waals surface area contributed by atoms with Crippen molar-refractivity contribution in [2.24, 2.45) is 5.92 Å². The number of hydrogen-bond acceptors (Lipinski definition) is 2. The number of carbonyl (C=O) groups is 1. The van der Waals surface area contributed by atoms with Crippen LogP contribution in [0.5, 0.6) is 0 Å². The Morgan fingerprint density at radius 2 is 2.29 bits per heavy atom. The number of amides is 1. The minimum Gasteiger partial charge on any atom is -0.341 e. The standard InChI is InChI=1S/C12H15ClN2O2/c1-15(7-8-4-10(13)5-8)12(17)9-2-3-14-11(16)6-9/h2-3,6,8,10H,4-5,7H2,1H3,(H,14,16). The molecule has 1 aliphatic carbocycles. The number of H-pyrrole nitrogens is 1. The number of halogens is 1. The molecule has 0 saturated heterocycles. The second-order valence-corrected chi connectivity index (χ2v) is 5.18. The van der Waals surface area contributed by atoms with E-state index in [1.54, 1.807) is 18.0 Å². The zero-order valence-electron chi connectivity index (χ0n) is 9.65. The van der Waals surface area contributed by atoms with E-state index in [2.05, 4.69) is 4.98 Å². The predicted molar refractivity (Wildman–Crippen MR) is 66.4 cm³/mol. The van der Waals surface area contributed by atoms with Crippen molar-refractivity contribution in [2.75, 3.05) is 13.6 Å². The highest BCUT2D eigenvalue weighted by molar-refractivity contribution is 6.21. The normalized spacial score (nSPS) is 22.9. The molecule has 0 unspecified atom stereocenters. The van der Waals surface area contributed by atoms with Gasteiger partial charge in [0.15, 0.2) is 0 Å². The van der Waals surface area contributed by atoms with Crippen LogP contribution in [-0.4, -0.2) is 34.8 Å². The van der Waals surface area contributed by atoms with Crippen molar-refractivity contribution in [1.29, 1.82) is 0 Å². The highest BCUT2D eigenvalue weighted by atomic mass is 35.5. The van der Waals surface area contributed by atoms with E-state index >= 15 is 0 Å². The average Bonchev–Trinajstić information content (AvgIpc) is 2.26. The van der Waals surface area contributed by atoms with Gasteiger partial charge < -0.3 is 9.88 Å². The molecule has 1 aromatic heterocycles. The molecule has 2 rings (SSSR count). The monoisotopic (exact) mass is 254 g/mol. The molecule has 1 heterocycles. The largest absolute Gasteiger partial charge is 0.341 e. The Morgan fingerprint density at radius 3 is 2.88 bits per heavy atom. The van der Waals surface area contributed by atoms with E-state index in [1.807, 2.05) is 0 Å². The summed E-state index contributed by atoms with van der Waals surface area (Å²) < 4.78 is 0. The van der Waals surface area contributed by atoms with Gasteiger partial charge in [0.2, 0.25) is 5.56 Å². The Hall–Kier alpha value is -1.29. The highest BCUT2D eigenvalue weighted by Crippen LogP contribution is 2.32. The Morgan fingerprint density at radius 1 is 1.59 bits per heavy atom. The molecular formula is C12H15ClN2O2. The minimum absolute atomic E-state index is 0.117. The molecule has 0 bridgehead atoms. The minimum atomic E-state index is -0.256. The molecule has 17 heavy (non-hydrogen) atoms. The van der Waals surface area contributed by atoms with Crippen LogP contribution >= 0.6 is 11.6 Å². The van der Waals surface area contributed by atoms with Gasteiger partial charge in [0.25, 0.3) is 5.91 Å². The summed E-state index contributed by atoms with van der Waals surface area (Å²) in [6.07, 6.45) is 3.42. The lowest BCUT2D eigenvalue weighted by Crippen LogP contribution is -2.38. The lowest BCUT2D eigenvalue weighted by Gasteiger charge is -2.34. The van der Waals surface area contributed by atoms with Gasteiger partial charge in [-0.15, -0.1) is 11.6 Å². The zero-order chi connectivity index (χ0) is 12.4. The smallest absolute Gasteiger partial charge is 0.253 e. The molecule has 4 nitrogen and oxygen atoms in total. The molecule has 1 saturated carbocycles. The third-order valence-corrected chi connectivity index (χ3v) is 3.44. The first-order valence-corrected chi connectivity index (χ1v) is 6.08. The van der Waals surface area contributed by atoms with Gasteiger partial charge in [0.1, 0.15) is 0 Å². The van der Waals surface area contributed by atoms with Crippen LogP contribution in [0.3, 0.4) is 0 Å². The zero-order valence-corrected chi connectivity index (χ0v) is 10.4. The van der Waals surface area contributed by atoms with Crippen molar-refractivity contribution in [3.63, 3.8) is 0 Å². The second kappa shape index (κ2) is 4.92. The molecule has 1 aliphatic rings. The van der Waals surface area contributed by atoms with Crippen molar-refractivity contribution >= 4 is 17.5 Å². The third-order valence-electron chi connectivity index (χ3n) is 3.08. The fraction of sp³-hybridized carbons (Fsp3) is 0.500. The number of nitrogens with zero attached hydrogens (tertiary/aromatic N) is 1. The number of pyridine rings is 1. The van der Waals surface area contributed by atoms with Crippen LogP contribution in [0.15, 0.2) is 23.1 Å². The second-order valence-electron chi connectivity index (χ2n) is 4.56. The van der Waals surface area contributed by atoms with Crippen LogP contribution in [0, 0.1) is 5.92 Å². The maximum Gasteiger partial charge on any atom is 0.253 e. The average molecular weight is 255 g/mol. The number of carbonyl (C=O) groups excluding carboxylic acids is 1. The SMILES string of the molecule is CN(CC1CC(Cl)C1)C(=O)c1cc[nH]c(=O)c1. The molecule has 0 aliphatic heterocycles. The van der Waals surface area contributed by atoms with E-state index in [0.29, 0.717) is 18.0 Å². The van der Waals surface area contributed by atoms with E-state index in [-0.39, 0.29) is 16.8 Å². The van der Waals surface area contributed by atoms with Crippen LogP contribution in [-0.2, 0) is 0 Å². The van der Waals surface area contributed by atoms with Gasteiger partial charge in [-0.3, -0.25) is 9.59 Å². The number of aromatic nitrogens is 1. The summed E-state index contributed by atoms with van der Waals surface area (Å²) >= 11 is 5.90. The topological polar surface area (TPSA) is 53.2 Å². The summed E-state index contributed by atoms with van der Waals surface area (Å²) in [5.74, 6) is 0.377. The van der Waals surface area contributed by atoms with Gasteiger partial charge in [-0.05, 0) is 24.8 Å². The number of aromatic amines is 1. The van der Waals surface area contributed by atoms with E-state index in [0.717, 1.165) is 12.8 Å². The quantitative estimate of drug-likeness (QED) is 0.831. The Bertz CT molecular complexity index is 466. The predicted octanol–water partition coefficient (Wildman–Crippen LogP) is 1.46. The summed E-state index contributed by atoms with van der Waals surface area (Å²) in [7, 11) is 1.76. The lowest BCUT2D eigenvalue weighted by atomic mass is 9.84. The Labute approximate surface area is 105 Å². The number of alkyl halides is 1. The summed E-state index contributed by atoms with van der Waals surface area (Å²) in [6, 6.07) is 2.94. The molecule has 1 N–H and O–H groups in total. The summed E-state index contributed by atoms with van der Waals surface area (Å²) in [4.78, 5) is 27.2. The van der Waals surface area contributed by atoms with Crippen LogP contribution in [0.4, 0.5) is 0 Å². The van der Waals surface area contributed by atoms with Crippen molar-refractivity contribution in [2.45, 2.75) is 18.2 Å². The van der Waals surface area contributed by atoms with E-state index in [4.69, 9.17) is 11.6 Å². The van der Waals surface area contributed by atoms with Gasteiger partial charge >= 0.3 is 0 Å². The fourth-order valence-corrected chi connectivity index (χ4v) is 2.58. The van der Waals surface area contributed by atoms with E-state index in [9.17, 15) is 9.59 Å². The van der Waals surface area contributed by atoms with Gasteiger partial charge in [-0.2, -0.15) is 0 Å². The summed E-state index contributed by atoms with van der Waals surface area (Å²) in [5.41, 5.74) is 0.173. The molecule has 0 atom stereocenters. The van der Waals surface area contributed by atoms with Gasteiger partial charge in [-0.1, -0.05) is 0 Å². The number of rotatable bonds is 3. The van der Waals surface area contributed by atoms with Crippen LogP contribution in [0.25, 0.3) is 0 Å². The molecule has 1 amide bonds. The molecule has 1 aromatic rings. The highest BCUT2D eigenvalue weighted by Gasteiger charge is 2.29. The number of hydrogen-bond donors (Lipinski definition) is 1. The molecule has 92 valence electrons. The molecule has 0 spiro atoms. The third kappa shape index (κ3) is 2.88. The first-order valence-electron chi connectivity index (χ1n) is 5.64. The Balaban J connectivity index is 1.97. The van der Waals surface area contributed by atoms with Gasteiger partial charge in [0, 0.05) is 36.8 Å². The van der Waals surface area contributed by atoms with Gasteiger partial charge in [-0.25, -0.2) is 0 Å². The lowest BCUT2D eigenvalue weighted by molar-refractivity contribution is 0.0746. The molecule has 0 radical (unpaired) electrons.